The van der Waals surface area contributed by atoms with Gasteiger partial charge in [-0.2, -0.15) is 0 Å². The van der Waals surface area contributed by atoms with E-state index in [9.17, 15) is 0 Å². The molecule has 0 aromatic heterocycles. The van der Waals surface area contributed by atoms with Crippen LogP contribution in [-0.2, 0) is 0 Å². The zero-order valence-corrected chi connectivity index (χ0v) is 9.65. The summed E-state index contributed by atoms with van der Waals surface area (Å²) in [5.74, 6) is 3.59. The first kappa shape index (κ1) is 11.7. The number of hydrogen-bond acceptors (Lipinski definition) is 1. The normalized spacial score (nSPS) is 13.4. The predicted octanol–water partition coefficient (Wildman–Crippen LogP) is 2.28. The van der Waals surface area contributed by atoms with Crippen molar-refractivity contribution < 1.29 is 5.11 Å². The van der Waals surface area contributed by atoms with Crippen LogP contribution in [0.3, 0.4) is 0 Å². The predicted molar refractivity (Wildman–Crippen MR) is 56.6 cm³/mol. The largest absolute Gasteiger partial charge is 0.396 e. The maximum Gasteiger partial charge on any atom is 0.129 e. The SMILES string of the molecule is CC(CO)CCC#C[Si](C)(C)C. The van der Waals surface area contributed by atoms with Gasteiger partial charge in [-0.1, -0.05) is 26.6 Å². The van der Waals surface area contributed by atoms with E-state index in [4.69, 9.17) is 5.11 Å². The molecular weight excluding hydrogens is 164 g/mol. The van der Waals surface area contributed by atoms with Gasteiger partial charge in [-0.05, 0) is 12.3 Å². The molecule has 0 spiro atoms. The Labute approximate surface area is 77.2 Å². The van der Waals surface area contributed by atoms with Crippen LogP contribution >= 0.6 is 0 Å². The molecule has 0 rings (SSSR count). The topological polar surface area (TPSA) is 20.2 Å². The molecule has 0 aliphatic heterocycles. The summed E-state index contributed by atoms with van der Waals surface area (Å²) in [6.07, 6.45) is 1.96. The third-order valence-corrected chi connectivity index (χ3v) is 2.46. The van der Waals surface area contributed by atoms with Crippen molar-refractivity contribution in [3.05, 3.63) is 0 Å². The molecule has 0 aromatic rings. The van der Waals surface area contributed by atoms with Crippen molar-refractivity contribution in [2.45, 2.75) is 39.4 Å². The summed E-state index contributed by atoms with van der Waals surface area (Å²) in [6, 6.07) is 0. The third-order valence-electron chi connectivity index (χ3n) is 1.54. The molecule has 0 amide bonds. The smallest absolute Gasteiger partial charge is 0.129 e. The van der Waals surface area contributed by atoms with E-state index in [1.165, 1.54) is 0 Å². The van der Waals surface area contributed by atoms with Crippen molar-refractivity contribution >= 4 is 8.07 Å². The van der Waals surface area contributed by atoms with Crippen LogP contribution in [-0.4, -0.2) is 19.8 Å². The summed E-state index contributed by atoms with van der Waals surface area (Å²) in [7, 11) is -1.16. The minimum atomic E-state index is -1.16. The van der Waals surface area contributed by atoms with Crippen LogP contribution in [0.25, 0.3) is 0 Å². The highest BCUT2D eigenvalue weighted by atomic mass is 28.3. The molecule has 0 saturated heterocycles. The van der Waals surface area contributed by atoms with Gasteiger partial charge in [0.25, 0.3) is 0 Å². The average Bonchev–Trinajstić information content (AvgIpc) is 1.96. The molecule has 0 fully saturated rings. The van der Waals surface area contributed by atoms with E-state index in [0.29, 0.717) is 5.92 Å². The van der Waals surface area contributed by atoms with E-state index < -0.39 is 8.07 Å². The van der Waals surface area contributed by atoms with Crippen molar-refractivity contribution in [2.75, 3.05) is 6.61 Å². The Kier molecular flexibility index (Phi) is 5.28. The second kappa shape index (κ2) is 5.39. The average molecular weight is 184 g/mol. The molecule has 0 aliphatic rings. The van der Waals surface area contributed by atoms with Crippen molar-refractivity contribution in [3.8, 4) is 11.5 Å². The molecule has 0 radical (unpaired) electrons. The lowest BCUT2D eigenvalue weighted by Crippen LogP contribution is -2.16. The highest BCUT2D eigenvalue weighted by Crippen LogP contribution is 2.03. The highest BCUT2D eigenvalue weighted by molar-refractivity contribution is 6.83. The minimum Gasteiger partial charge on any atom is -0.396 e. The second-order valence-electron chi connectivity index (χ2n) is 4.38. The quantitative estimate of drug-likeness (QED) is 0.527. The van der Waals surface area contributed by atoms with Gasteiger partial charge in [0, 0.05) is 13.0 Å². The lowest BCUT2D eigenvalue weighted by molar-refractivity contribution is 0.231. The van der Waals surface area contributed by atoms with Gasteiger partial charge in [0.1, 0.15) is 8.07 Å². The lowest BCUT2D eigenvalue weighted by Gasteiger charge is -2.05. The number of aliphatic hydroxyl groups is 1. The van der Waals surface area contributed by atoms with Crippen molar-refractivity contribution in [1.82, 2.24) is 0 Å². The Balaban J connectivity index is 3.60. The van der Waals surface area contributed by atoms with Crippen LogP contribution in [0.1, 0.15) is 19.8 Å². The number of rotatable bonds is 3. The number of hydrogen-bond donors (Lipinski definition) is 1. The van der Waals surface area contributed by atoms with Crippen LogP contribution in [0.4, 0.5) is 0 Å². The molecular formula is C10H20OSi. The van der Waals surface area contributed by atoms with Crippen molar-refractivity contribution in [1.29, 1.82) is 0 Å². The maximum atomic E-state index is 8.75. The van der Waals surface area contributed by atoms with Gasteiger partial charge in [0.2, 0.25) is 0 Å². The van der Waals surface area contributed by atoms with Crippen LogP contribution in [0.2, 0.25) is 19.6 Å². The Morgan fingerprint density at radius 1 is 1.33 bits per heavy atom. The first-order valence-corrected chi connectivity index (χ1v) is 8.06. The van der Waals surface area contributed by atoms with Gasteiger partial charge >= 0.3 is 0 Å². The summed E-state index contributed by atoms with van der Waals surface area (Å²) in [5, 5.41) is 8.75. The molecule has 70 valence electrons. The summed E-state index contributed by atoms with van der Waals surface area (Å²) >= 11 is 0. The van der Waals surface area contributed by atoms with Gasteiger partial charge in [0.05, 0.1) is 0 Å². The van der Waals surface area contributed by atoms with Crippen molar-refractivity contribution in [3.63, 3.8) is 0 Å². The lowest BCUT2D eigenvalue weighted by atomic mass is 10.1. The molecule has 1 nitrogen and oxygen atoms in total. The monoisotopic (exact) mass is 184 g/mol. The summed E-state index contributed by atoms with van der Waals surface area (Å²) < 4.78 is 0. The van der Waals surface area contributed by atoms with Crippen LogP contribution in [0.15, 0.2) is 0 Å². The van der Waals surface area contributed by atoms with Crippen LogP contribution in [0, 0.1) is 17.4 Å². The Morgan fingerprint density at radius 3 is 2.33 bits per heavy atom. The van der Waals surface area contributed by atoms with Gasteiger partial charge < -0.3 is 5.11 Å². The standard InChI is InChI=1S/C10H20OSi/c1-10(9-11)7-5-6-8-12(2,3)4/h10-11H,5,7,9H2,1-4H3. The van der Waals surface area contributed by atoms with Crippen LogP contribution < -0.4 is 0 Å². The Hall–Kier alpha value is -0.263. The van der Waals surface area contributed by atoms with Crippen LogP contribution in [0.5, 0.6) is 0 Å². The fourth-order valence-electron chi connectivity index (χ4n) is 0.738. The highest BCUT2D eigenvalue weighted by Gasteiger charge is 2.07. The van der Waals surface area contributed by atoms with Crippen molar-refractivity contribution in [2.24, 2.45) is 5.92 Å². The summed E-state index contributed by atoms with van der Waals surface area (Å²) in [6.45, 7) is 9.07. The van der Waals surface area contributed by atoms with E-state index >= 15 is 0 Å². The van der Waals surface area contributed by atoms with Gasteiger partial charge in [-0.3, -0.25) is 0 Å². The zero-order valence-electron chi connectivity index (χ0n) is 8.65. The van der Waals surface area contributed by atoms with E-state index in [0.717, 1.165) is 12.8 Å². The van der Waals surface area contributed by atoms with Gasteiger partial charge in [-0.25, -0.2) is 0 Å². The Bertz CT molecular complexity index is 171. The molecule has 0 aromatic carbocycles. The summed E-state index contributed by atoms with van der Waals surface area (Å²) in [4.78, 5) is 0. The van der Waals surface area contributed by atoms with E-state index in [1.807, 2.05) is 0 Å². The van der Waals surface area contributed by atoms with E-state index in [2.05, 4.69) is 38.0 Å². The first-order chi connectivity index (χ1) is 5.45. The molecule has 1 atom stereocenters. The molecule has 2 heteroatoms. The molecule has 1 N–H and O–H groups in total. The second-order valence-corrected chi connectivity index (χ2v) is 9.13. The molecule has 0 heterocycles. The molecule has 1 unspecified atom stereocenters. The minimum absolute atomic E-state index is 0.286. The molecule has 0 aliphatic carbocycles. The fourth-order valence-corrected chi connectivity index (χ4v) is 1.39. The van der Waals surface area contributed by atoms with E-state index in [1.54, 1.807) is 0 Å². The third kappa shape index (κ3) is 7.84. The van der Waals surface area contributed by atoms with Gasteiger partial charge in [-0.15, -0.1) is 11.5 Å². The number of aliphatic hydroxyl groups excluding tert-OH is 1. The molecule has 0 saturated carbocycles. The first-order valence-electron chi connectivity index (χ1n) is 4.56. The molecule has 12 heavy (non-hydrogen) atoms. The van der Waals surface area contributed by atoms with Gasteiger partial charge in [0.15, 0.2) is 0 Å². The zero-order chi connectivity index (χ0) is 9.61. The van der Waals surface area contributed by atoms with E-state index in [-0.39, 0.29) is 6.61 Å². The molecule has 0 bridgehead atoms. The fraction of sp³-hybridized carbons (Fsp3) is 0.800. The Morgan fingerprint density at radius 2 is 1.92 bits per heavy atom. The summed E-state index contributed by atoms with van der Waals surface area (Å²) in [5.41, 5.74) is 3.31. The maximum absolute atomic E-state index is 8.75.